The van der Waals surface area contributed by atoms with E-state index >= 15 is 0 Å². The molecule has 2 nitrogen and oxygen atoms in total. The second-order valence-corrected chi connectivity index (χ2v) is 4.23. The molecule has 1 N–H and O–H groups in total. The highest BCUT2D eigenvalue weighted by atomic mass is 16.5. The lowest BCUT2D eigenvalue weighted by atomic mass is 9.95. The Balaban J connectivity index is 2.30. The maximum atomic E-state index is 9.97. The van der Waals surface area contributed by atoms with E-state index in [1.807, 2.05) is 6.92 Å². The van der Waals surface area contributed by atoms with Crippen LogP contribution in [-0.2, 0) is 4.74 Å². The predicted octanol–water partition coefficient (Wildman–Crippen LogP) is 3.05. The van der Waals surface area contributed by atoms with Crippen molar-refractivity contribution in [3.05, 3.63) is 11.6 Å². The quantitative estimate of drug-likeness (QED) is 0.560. The van der Waals surface area contributed by atoms with Crippen molar-refractivity contribution in [1.82, 2.24) is 0 Å². The zero-order valence-corrected chi connectivity index (χ0v) is 9.87. The minimum atomic E-state index is -0.269. The Hall–Kier alpha value is -0.340. The van der Waals surface area contributed by atoms with Crippen LogP contribution < -0.4 is 0 Å². The van der Waals surface area contributed by atoms with E-state index in [1.54, 1.807) is 0 Å². The van der Waals surface area contributed by atoms with Crippen LogP contribution >= 0.6 is 0 Å². The predicted molar refractivity (Wildman–Crippen MR) is 62.9 cm³/mol. The zero-order valence-electron chi connectivity index (χ0n) is 9.87. The van der Waals surface area contributed by atoms with E-state index in [9.17, 15) is 5.11 Å². The summed E-state index contributed by atoms with van der Waals surface area (Å²) in [7, 11) is 0. The van der Waals surface area contributed by atoms with Crippen LogP contribution in [0.25, 0.3) is 0 Å². The van der Waals surface area contributed by atoms with Crippen LogP contribution in [-0.4, -0.2) is 24.4 Å². The Bertz CT molecular complexity index is 187. The third-order valence-electron chi connectivity index (χ3n) is 2.99. The summed E-state index contributed by atoms with van der Waals surface area (Å²) in [5.74, 6) is 0. The van der Waals surface area contributed by atoms with E-state index in [4.69, 9.17) is 4.74 Å². The average molecular weight is 212 g/mol. The standard InChI is InChI=1S/C13H24O2/c1-2-15-11-10-13(14)12-8-6-4-3-5-7-9-12/h8,13-14H,2-7,9-11H2,1H3. The van der Waals surface area contributed by atoms with Crippen LogP contribution in [0.15, 0.2) is 11.6 Å². The van der Waals surface area contributed by atoms with Crippen LogP contribution in [0.4, 0.5) is 0 Å². The van der Waals surface area contributed by atoms with Gasteiger partial charge in [0.1, 0.15) is 0 Å². The van der Waals surface area contributed by atoms with Gasteiger partial charge >= 0.3 is 0 Å². The number of aliphatic hydroxyl groups is 1. The normalized spacial score (nSPS) is 20.3. The van der Waals surface area contributed by atoms with Gasteiger partial charge < -0.3 is 9.84 Å². The fourth-order valence-corrected chi connectivity index (χ4v) is 2.04. The number of ether oxygens (including phenoxy) is 1. The Morgan fingerprint density at radius 2 is 2.13 bits per heavy atom. The molecule has 1 atom stereocenters. The van der Waals surface area contributed by atoms with Gasteiger partial charge in [-0.1, -0.05) is 18.9 Å². The van der Waals surface area contributed by atoms with Crippen molar-refractivity contribution >= 4 is 0 Å². The molecule has 0 fully saturated rings. The third kappa shape index (κ3) is 5.33. The first-order valence-corrected chi connectivity index (χ1v) is 6.29. The van der Waals surface area contributed by atoms with Gasteiger partial charge in [-0.2, -0.15) is 0 Å². The fourth-order valence-electron chi connectivity index (χ4n) is 2.04. The molecule has 0 aromatic carbocycles. The number of aliphatic hydroxyl groups excluding tert-OH is 1. The zero-order chi connectivity index (χ0) is 10.9. The summed E-state index contributed by atoms with van der Waals surface area (Å²) in [5.41, 5.74) is 1.24. The van der Waals surface area contributed by atoms with Crippen LogP contribution in [0.1, 0.15) is 51.9 Å². The minimum absolute atomic E-state index is 0.269. The molecule has 0 bridgehead atoms. The maximum absolute atomic E-state index is 9.97. The molecule has 0 aromatic rings. The summed E-state index contributed by atoms with van der Waals surface area (Å²) in [6.07, 6.45) is 10.1. The van der Waals surface area contributed by atoms with Crippen molar-refractivity contribution in [3.8, 4) is 0 Å². The lowest BCUT2D eigenvalue weighted by molar-refractivity contribution is 0.101. The van der Waals surface area contributed by atoms with E-state index in [0.717, 1.165) is 25.9 Å². The molecule has 0 amide bonds. The molecule has 1 aliphatic rings. The van der Waals surface area contributed by atoms with Crippen LogP contribution in [0.3, 0.4) is 0 Å². The van der Waals surface area contributed by atoms with Gasteiger partial charge in [0.25, 0.3) is 0 Å². The molecule has 15 heavy (non-hydrogen) atoms. The van der Waals surface area contributed by atoms with Crippen molar-refractivity contribution in [2.45, 2.75) is 58.0 Å². The molecule has 0 radical (unpaired) electrons. The van der Waals surface area contributed by atoms with Gasteiger partial charge in [0, 0.05) is 19.6 Å². The summed E-state index contributed by atoms with van der Waals surface area (Å²) in [6.45, 7) is 3.40. The van der Waals surface area contributed by atoms with Crippen molar-refractivity contribution in [2.75, 3.05) is 13.2 Å². The Morgan fingerprint density at radius 1 is 1.33 bits per heavy atom. The molecule has 88 valence electrons. The molecule has 0 saturated heterocycles. The average Bonchev–Trinajstić information content (AvgIpc) is 2.17. The Morgan fingerprint density at radius 3 is 2.93 bits per heavy atom. The second-order valence-electron chi connectivity index (χ2n) is 4.23. The molecule has 1 rings (SSSR count). The van der Waals surface area contributed by atoms with Gasteiger partial charge in [0.2, 0.25) is 0 Å². The largest absolute Gasteiger partial charge is 0.389 e. The Labute approximate surface area is 93.3 Å². The second kappa shape index (κ2) is 7.89. The van der Waals surface area contributed by atoms with Crippen LogP contribution in [0, 0.1) is 0 Å². The fraction of sp³-hybridized carbons (Fsp3) is 0.846. The molecule has 0 aliphatic heterocycles. The highest BCUT2D eigenvalue weighted by molar-refractivity contribution is 5.08. The smallest absolute Gasteiger partial charge is 0.0772 e. The highest BCUT2D eigenvalue weighted by Crippen LogP contribution is 2.20. The van der Waals surface area contributed by atoms with Crippen LogP contribution in [0.5, 0.6) is 0 Å². The molecular weight excluding hydrogens is 188 g/mol. The summed E-state index contributed by atoms with van der Waals surface area (Å²) < 4.78 is 5.26. The van der Waals surface area contributed by atoms with Gasteiger partial charge in [-0.25, -0.2) is 0 Å². The summed E-state index contributed by atoms with van der Waals surface area (Å²) in [5, 5.41) is 9.97. The highest BCUT2D eigenvalue weighted by Gasteiger charge is 2.11. The molecule has 0 spiro atoms. The van der Waals surface area contributed by atoms with Gasteiger partial charge in [-0.15, -0.1) is 0 Å². The molecular formula is C13H24O2. The van der Waals surface area contributed by atoms with E-state index in [2.05, 4.69) is 6.08 Å². The molecule has 0 aromatic heterocycles. The van der Waals surface area contributed by atoms with E-state index in [1.165, 1.54) is 31.3 Å². The van der Waals surface area contributed by atoms with Crippen molar-refractivity contribution in [1.29, 1.82) is 0 Å². The number of allylic oxidation sites excluding steroid dienone is 1. The number of hydrogen-bond acceptors (Lipinski definition) is 2. The van der Waals surface area contributed by atoms with E-state index in [-0.39, 0.29) is 6.10 Å². The molecule has 2 heteroatoms. The van der Waals surface area contributed by atoms with E-state index in [0.29, 0.717) is 6.61 Å². The van der Waals surface area contributed by atoms with Crippen molar-refractivity contribution in [2.24, 2.45) is 0 Å². The summed E-state index contributed by atoms with van der Waals surface area (Å²) in [4.78, 5) is 0. The third-order valence-corrected chi connectivity index (χ3v) is 2.99. The monoisotopic (exact) mass is 212 g/mol. The van der Waals surface area contributed by atoms with Gasteiger partial charge in [0.05, 0.1) is 6.10 Å². The topological polar surface area (TPSA) is 29.5 Å². The van der Waals surface area contributed by atoms with Crippen molar-refractivity contribution < 1.29 is 9.84 Å². The Kier molecular flexibility index (Phi) is 6.69. The first kappa shape index (κ1) is 12.7. The number of hydrogen-bond donors (Lipinski definition) is 1. The summed E-state index contributed by atoms with van der Waals surface area (Å²) >= 11 is 0. The molecule has 1 aliphatic carbocycles. The minimum Gasteiger partial charge on any atom is -0.389 e. The van der Waals surface area contributed by atoms with Crippen molar-refractivity contribution in [3.63, 3.8) is 0 Å². The van der Waals surface area contributed by atoms with Gasteiger partial charge in [-0.3, -0.25) is 0 Å². The molecule has 0 heterocycles. The maximum Gasteiger partial charge on any atom is 0.0772 e. The number of rotatable bonds is 5. The van der Waals surface area contributed by atoms with Gasteiger partial charge in [0.15, 0.2) is 0 Å². The SMILES string of the molecule is CCOCCC(O)C1=CCCCCCC1. The van der Waals surface area contributed by atoms with Gasteiger partial charge in [-0.05, 0) is 38.2 Å². The first-order chi connectivity index (χ1) is 7.34. The van der Waals surface area contributed by atoms with E-state index < -0.39 is 0 Å². The molecule has 1 unspecified atom stereocenters. The lowest BCUT2D eigenvalue weighted by Gasteiger charge is -2.17. The lowest BCUT2D eigenvalue weighted by Crippen LogP contribution is -2.14. The van der Waals surface area contributed by atoms with Crippen LogP contribution in [0.2, 0.25) is 0 Å². The first-order valence-electron chi connectivity index (χ1n) is 6.29. The molecule has 0 saturated carbocycles. The summed E-state index contributed by atoms with van der Waals surface area (Å²) in [6, 6.07) is 0.